The number of nitrogens with zero attached hydrogens (tertiary/aromatic N) is 3. The number of H-pyrrole nitrogens is 1. The van der Waals surface area contributed by atoms with Crippen LogP contribution in [0, 0.1) is 0 Å². The Morgan fingerprint density at radius 1 is 1.35 bits per heavy atom. The van der Waals surface area contributed by atoms with Gasteiger partial charge in [0, 0.05) is 12.1 Å². The molecule has 0 radical (unpaired) electrons. The minimum absolute atomic E-state index is 0.372. The third kappa shape index (κ3) is 2.20. The lowest BCUT2D eigenvalue weighted by Crippen LogP contribution is -2.27. The van der Waals surface area contributed by atoms with Gasteiger partial charge in [0.05, 0.1) is 18.1 Å². The van der Waals surface area contributed by atoms with Crippen LogP contribution < -0.4 is 14.8 Å². The Morgan fingerprint density at radius 2 is 2.09 bits per heavy atom. The zero-order valence-corrected chi connectivity index (χ0v) is 12.6. The fraction of sp³-hybridized carbons (Fsp3) is 0.357. The Bertz CT molecular complexity index is 899. The van der Waals surface area contributed by atoms with E-state index < -0.39 is 6.04 Å². The van der Waals surface area contributed by atoms with Gasteiger partial charge in [0.15, 0.2) is 11.5 Å². The van der Waals surface area contributed by atoms with Crippen LogP contribution in [0.5, 0.6) is 11.5 Å². The molecule has 0 saturated heterocycles. The first-order chi connectivity index (χ1) is 11.2. The second-order valence-electron chi connectivity index (χ2n) is 5.19. The van der Waals surface area contributed by atoms with Crippen molar-refractivity contribution >= 4 is 28.7 Å². The molecule has 1 aromatic carbocycles. The van der Waals surface area contributed by atoms with Crippen LogP contribution in [-0.4, -0.2) is 51.9 Å². The highest BCUT2D eigenvalue weighted by Crippen LogP contribution is 2.34. The fourth-order valence-corrected chi connectivity index (χ4v) is 2.52. The summed E-state index contributed by atoms with van der Waals surface area (Å²) in [4.78, 5) is 20.2. The van der Waals surface area contributed by atoms with E-state index in [4.69, 9.17) is 9.47 Å². The van der Waals surface area contributed by atoms with Crippen LogP contribution in [0.1, 0.15) is 6.92 Å². The Kier molecular flexibility index (Phi) is 3.00. The molecule has 1 atom stereocenters. The van der Waals surface area contributed by atoms with Crippen LogP contribution in [0.25, 0.3) is 16.8 Å². The summed E-state index contributed by atoms with van der Waals surface area (Å²) in [6.07, 6.45) is 0. The molecule has 2 aromatic heterocycles. The minimum Gasteiger partial charge on any atom is -0.486 e. The van der Waals surface area contributed by atoms with Crippen LogP contribution in [-0.2, 0) is 9.53 Å². The molecule has 3 heterocycles. The lowest BCUT2D eigenvalue weighted by molar-refractivity contribution is -0.141. The summed E-state index contributed by atoms with van der Waals surface area (Å²) in [6.45, 7) is 2.74. The van der Waals surface area contributed by atoms with Crippen LogP contribution in [0.4, 0.5) is 5.95 Å². The normalized spacial score (nSPS) is 14.9. The molecule has 1 unspecified atom stereocenters. The summed E-state index contributed by atoms with van der Waals surface area (Å²) in [5.41, 5.74) is 1.57. The molecule has 9 heteroatoms. The Labute approximate surface area is 130 Å². The predicted molar refractivity (Wildman–Crippen MR) is 80.9 cm³/mol. The predicted octanol–water partition coefficient (Wildman–Crippen LogP) is 0.955. The molecule has 0 aliphatic carbocycles. The molecule has 0 bridgehead atoms. The van der Waals surface area contributed by atoms with E-state index in [2.05, 4.69) is 25.1 Å². The molecule has 120 valence electrons. The van der Waals surface area contributed by atoms with Crippen molar-refractivity contribution in [2.24, 2.45) is 0 Å². The average Bonchev–Trinajstić information content (AvgIpc) is 3.09. The van der Waals surface area contributed by atoms with Crippen LogP contribution >= 0.6 is 0 Å². The molecule has 23 heavy (non-hydrogen) atoms. The highest BCUT2D eigenvalue weighted by molar-refractivity contribution is 5.83. The van der Waals surface area contributed by atoms with Gasteiger partial charge in [0.1, 0.15) is 19.3 Å². The number of imidazole rings is 1. The molecule has 4 rings (SSSR count). The first-order valence-corrected chi connectivity index (χ1v) is 7.18. The number of nitrogens with one attached hydrogen (secondary N) is 2. The Morgan fingerprint density at radius 3 is 2.83 bits per heavy atom. The monoisotopic (exact) mass is 317 g/mol. The number of hydrogen-bond donors (Lipinski definition) is 2. The van der Waals surface area contributed by atoms with Gasteiger partial charge in [-0.15, -0.1) is 0 Å². The van der Waals surface area contributed by atoms with Crippen molar-refractivity contribution in [3.05, 3.63) is 12.1 Å². The van der Waals surface area contributed by atoms with E-state index in [9.17, 15) is 4.79 Å². The molecular weight excluding hydrogens is 302 g/mol. The number of carbonyl (C=O) groups excluding carboxylic acids is 1. The first kappa shape index (κ1) is 13.7. The van der Waals surface area contributed by atoms with E-state index in [1.807, 2.05) is 12.1 Å². The largest absolute Gasteiger partial charge is 0.486 e. The number of benzene rings is 1. The quantitative estimate of drug-likeness (QED) is 0.693. The number of aromatic nitrogens is 4. The number of esters is 1. The molecule has 0 fully saturated rings. The molecular formula is C14H15N5O4. The van der Waals surface area contributed by atoms with E-state index in [1.54, 1.807) is 11.4 Å². The van der Waals surface area contributed by atoms with Crippen LogP contribution in [0.2, 0.25) is 0 Å². The fourth-order valence-electron chi connectivity index (χ4n) is 2.52. The highest BCUT2D eigenvalue weighted by atomic mass is 16.6. The van der Waals surface area contributed by atoms with Crippen molar-refractivity contribution in [1.82, 2.24) is 19.6 Å². The summed E-state index contributed by atoms with van der Waals surface area (Å²) in [6, 6.07) is 3.16. The third-order valence-corrected chi connectivity index (χ3v) is 3.64. The van der Waals surface area contributed by atoms with E-state index in [0.717, 1.165) is 11.0 Å². The minimum atomic E-state index is -0.522. The molecule has 0 saturated carbocycles. The van der Waals surface area contributed by atoms with Gasteiger partial charge in [-0.3, -0.25) is 5.10 Å². The van der Waals surface area contributed by atoms with Crippen molar-refractivity contribution in [2.75, 3.05) is 25.6 Å². The maximum absolute atomic E-state index is 11.5. The molecule has 2 N–H and O–H groups in total. The maximum atomic E-state index is 11.5. The number of hydrogen-bond acceptors (Lipinski definition) is 7. The summed E-state index contributed by atoms with van der Waals surface area (Å²) >= 11 is 0. The number of ether oxygens (including phenoxy) is 3. The van der Waals surface area contributed by atoms with Crippen LogP contribution in [0.3, 0.4) is 0 Å². The summed E-state index contributed by atoms with van der Waals surface area (Å²) in [5.74, 6) is 1.91. The second kappa shape index (κ2) is 5.04. The van der Waals surface area contributed by atoms with Gasteiger partial charge in [-0.2, -0.15) is 4.98 Å². The number of aromatic amines is 1. The standard InChI is InChI=1S/C14H15N5O4/c1-7(12(20)21-2)15-13-17-14-16-8-5-10-11(23-4-3-22-10)6-9(8)19(14)18-13/h5-7H,3-4H2,1-2H3,(H2,15,16,17,18). The topological polar surface area (TPSA) is 103 Å². The summed E-state index contributed by atoms with van der Waals surface area (Å²) < 4.78 is 17.5. The van der Waals surface area contributed by atoms with Crippen molar-refractivity contribution < 1.29 is 19.0 Å². The smallest absolute Gasteiger partial charge is 0.328 e. The second-order valence-corrected chi connectivity index (χ2v) is 5.19. The molecule has 3 aromatic rings. The first-order valence-electron chi connectivity index (χ1n) is 7.18. The number of rotatable bonds is 3. The zero-order chi connectivity index (χ0) is 16.0. The van der Waals surface area contributed by atoms with E-state index >= 15 is 0 Å². The number of anilines is 1. The maximum Gasteiger partial charge on any atom is 0.328 e. The number of fused-ring (bicyclic) bond motifs is 4. The Hall–Kier alpha value is -2.97. The lowest BCUT2D eigenvalue weighted by Gasteiger charge is -2.17. The molecule has 1 aliphatic rings. The highest BCUT2D eigenvalue weighted by Gasteiger charge is 2.19. The Balaban J connectivity index is 1.73. The molecule has 0 spiro atoms. The van der Waals surface area contributed by atoms with Crippen LogP contribution in [0.15, 0.2) is 12.1 Å². The molecule has 9 nitrogen and oxygen atoms in total. The van der Waals surface area contributed by atoms with E-state index in [1.165, 1.54) is 7.11 Å². The molecule has 0 amide bonds. The number of methoxy groups -OCH3 is 1. The summed E-state index contributed by atoms with van der Waals surface area (Å²) in [5, 5.41) is 6.00. The lowest BCUT2D eigenvalue weighted by atomic mass is 10.2. The van der Waals surface area contributed by atoms with Crippen molar-refractivity contribution in [1.29, 1.82) is 0 Å². The van der Waals surface area contributed by atoms with Crippen molar-refractivity contribution in [3.63, 3.8) is 0 Å². The van der Waals surface area contributed by atoms with Gasteiger partial charge in [-0.1, -0.05) is 0 Å². The van der Waals surface area contributed by atoms with Gasteiger partial charge in [0.2, 0.25) is 5.95 Å². The van der Waals surface area contributed by atoms with Gasteiger partial charge >= 0.3 is 5.97 Å². The van der Waals surface area contributed by atoms with E-state index in [0.29, 0.717) is 36.4 Å². The van der Waals surface area contributed by atoms with E-state index in [-0.39, 0.29) is 5.97 Å². The van der Waals surface area contributed by atoms with Gasteiger partial charge in [-0.05, 0) is 6.92 Å². The molecule has 1 aliphatic heterocycles. The van der Waals surface area contributed by atoms with Crippen molar-refractivity contribution in [2.45, 2.75) is 13.0 Å². The zero-order valence-electron chi connectivity index (χ0n) is 12.6. The van der Waals surface area contributed by atoms with Gasteiger partial charge < -0.3 is 19.5 Å². The van der Waals surface area contributed by atoms with Gasteiger partial charge in [0.25, 0.3) is 5.78 Å². The SMILES string of the molecule is COC(=O)C(C)Nc1nc2nc3cc4c(cc3n2[nH]1)OCCO4. The third-order valence-electron chi connectivity index (χ3n) is 3.64. The van der Waals surface area contributed by atoms with Crippen molar-refractivity contribution in [3.8, 4) is 11.5 Å². The number of carbonyl (C=O) groups is 1. The van der Waals surface area contributed by atoms with Gasteiger partial charge in [-0.25, -0.2) is 14.3 Å². The summed E-state index contributed by atoms with van der Waals surface area (Å²) in [7, 11) is 1.34. The average molecular weight is 317 g/mol.